The molecule has 3 heteroatoms. The molecule has 1 aromatic heterocycles. The third kappa shape index (κ3) is 2.91. The Morgan fingerprint density at radius 2 is 1.71 bits per heavy atom. The largest absolute Gasteiger partial charge is 0.331 e. The summed E-state index contributed by atoms with van der Waals surface area (Å²) in [6.45, 7) is 4.23. The number of nitrogens with one attached hydrogen (secondary N) is 1. The van der Waals surface area contributed by atoms with E-state index < -0.39 is 0 Å². The molecule has 0 amide bonds. The quantitative estimate of drug-likeness (QED) is 0.475. The Balaban J connectivity index is 1.63. The summed E-state index contributed by atoms with van der Waals surface area (Å²) in [4.78, 5) is 4.75. The average molecular weight is 330 g/mol. The summed E-state index contributed by atoms with van der Waals surface area (Å²) in [5.41, 5.74) is 5.78. The van der Waals surface area contributed by atoms with Crippen LogP contribution in [0.25, 0.3) is 22.0 Å². The molecule has 2 nitrogen and oxygen atoms in total. The Bertz CT molecular complexity index is 1020. The van der Waals surface area contributed by atoms with Gasteiger partial charge in [0.1, 0.15) is 0 Å². The van der Waals surface area contributed by atoms with Gasteiger partial charge in [-0.25, -0.2) is 4.98 Å². The molecule has 0 saturated carbocycles. The van der Waals surface area contributed by atoms with Crippen molar-refractivity contribution >= 4 is 32.9 Å². The number of rotatable bonds is 3. The molecule has 0 radical (unpaired) electrons. The summed E-state index contributed by atoms with van der Waals surface area (Å²) >= 11 is 1.64. The second-order valence-electron chi connectivity index (χ2n) is 6.04. The summed E-state index contributed by atoms with van der Waals surface area (Å²) in [5.74, 6) is 0. The lowest BCUT2D eigenvalue weighted by atomic mass is 10.1. The molecule has 3 aromatic carbocycles. The van der Waals surface area contributed by atoms with Gasteiger partial charge in [0, 0.05) is 16.6 Å². The topological polar surface area (TPSA) is 24.9 Å². The second-order valence-corrected chi connectivity index (χ2v) is 6.90. The first-order valence-corrected chi connectivity index (χ1v) is 8.86. The molecule has 4 rings (SSSR count). The van der Waals surface area contributed by atoms with Crippen molar-refractivity contribution in [1.82, 2.24) is 4.98 Å². The van der Waals surface area contributed by atoms with E-state index in [-0.39, 0.29) is 0 Å². The summed E-state index contributed by atoms with van der Waals surface area (Å²) in [5, 5.41) is 8.96. The van der Waals surface area contributed by atoms with Gasteiger partial charge in [0.05, 0.1) is 5.69 Å². The molecule has 0 spiro atoms. The van der Waals surface area contributed by atoms with E-state index >= 15 is 0 Å². The van der Waals surface area contributed by atoms with Crippen molar-refractivity contribution in [3.63, 3.8) is 0 Å². The normalized spacial score (nSPS) is 10.9. The van der Waals surface area contributed by atoms with E-state index in [2.05, 4.69) is 85.2 Å². The third-order valence-electron chi connectivity index (χ3n) is 4.17. The van der Waals surface area contributed by atoms with Crippen molar-refractivity contribution in [2.75, 3.05) is 5.32 Å². The molecule has 4 aromatic rings. The zero-order chi connectivity index (χ0) is 16.5. The van der Waals surface area contributed by atoms with Gasteiger partial charge in [0.2, 0.25) is 0 Å². The SMILES string of the molecule is Cc1ccc(Nc2nc(-c3ccc4ccccc4c3)cs2)c(C)c1. The number of aryl methyl sites for hydroxylation is 2. The molecule has 0 unspecified atom stereocenters. The van der Waals surface area contributed by atoms with Gasteiger partial charge in [-0.15, -0.1) is 11.3 Å². The van der Waals surface area contributed by atoms with Crippen LogP contribution in [-0.2, 0) is 0 Å². The van der Waals surface area contributed by atoms with Crippen LogP contribution in [0.3, 0.4) is 0 Å². The van der Waals surface area contributed by atoms with E-state index in [4.69, 9.17) is 4.98 Å². The van der Waals surface area contributed by atoms with Crippen molar-refractivity contribution in [3.8, 4) is 11.3 Å². The Kier molecular flexibility index (Phi) is 3.79. The van der Waals surface area contributed by atoms with Crippen molar-refractivity contribution in [1.29, 1.82) is 0 Å². The van der Waals surface area contributed by atoms with Gasteiger partial charge < -0.3 is 5.32 Å². The van der Waals surface area contributed by atoms with E-state index in [0.717, 1.165) is 22.1 Å². The highest BCUT2D eigenvalue weighted by Gasteiger charge is 2.07. The predicted molar refractivity (Wildman–Crippen MR) is 104 cm³/mol. The number of thiazole rings is 1. The fourth-order valence-corrected chi connectivity index (χ4v) is 3.61. The van der Waals surface area contributed by atoms with E-state index in [0.29, 0.717) is 0 Å². The Labute approximate surface area is 145 Å². The van der Waals surface area contributed by atoms with Crippen LogP contribution < -0.4 is 5.32 Å². The molecule has 0 fully saturated rings. The summed E-state index contributed by atoms with van der Waals surface area (Å²) in [6, 6.07) is 21.3. The first-order valence-electron chi connectivity index (χ1n) is 7.98. The molecule has 0 aliphatic carbocycles. The molecule has 0 aliphatic heterocycles. The monoisotopic (exact) mass is 330 g/mol. The minimum Gasteiger partial charge on any atom is -0.331 e. The zero-order valence-corrected chi connectivity index (χ0v) is 14.5. The molecule has 0 saturated heterocycles. The van der Waals surface area contributed by atoms with Gasteiger partial charge in [-0.3, -0.25) is 0 Å². The third-order valence-corrected chi connectivity index (χ3v) is 4.93. The van der Waals surface area contributed by atoms with Gasteiger partial charge in [0.25, 0.3) is 0 Å². The van der Waals surface area contributed by atoms with Crippen LogP contribution in [0.2, 0.25) is 0 Å². The standard InChI is InChI=1S/C21H18N2S/c1-14-7-10-19(15(2)11-14)22-21-23-20(13-24-21)18-9-8-16-5-3-4-6-17(16)12-18/h3-13H,1-2H3,(H,22,23). The Hall–Kier alpha value is -2.65. The molecule has 0 atom stereocenters. The molecule has 1 heterocycles. The fraction of sp³-hybridized carbons (Fsp3) is 0.0952. The molecular weight excluding hydrogens is 312 g/mol. The number of hydrogen-bond donors (Lipinski definition) is 1. The van der Waals surface area contributed by atoms with E-state index in [1.54, 1.807) is 11.3 Å². The summed E-state index contributed by atoms with van der Waals surface area (Å²) in [6.07, 6.45) is 0. The molecular formula is C21H18N2S. The summed E-state index contributed by atoms with van der Waals surface area (Å²) in [7, 11) is 0. The predicted octanol–water partition coefficient (Wildman–Crippen LogP) is 6.32. The number of anilines is 2. The van der Waals surface area contributed by atoms with Crippen molar-refractivity contribution in [2.45, 2.75) is 13.8 Å². The van der Waals surface area contributed by atoms with Crippen LogP contribution in [0.4, 0.5) is 10.8 Å². The molecule has 24 heavy (non-hydrogen) atoms. The van der Waals surface area contributed by atoms with Crippen molar-refractivity contribution in [3.05, 3.63) is 77.2 Å². The number of aromatic nitrogens is 1. The lowest BCUT2D eigenvalue weighted by Gasteiger charge is -2.07. The van der Waals surface area contributed by atoms with E-state index in [9.17, 15) is 0 Å². The maximum absolute atomic E-state index is 4.75. The smallest absolute Gasteiger partial charge is 0.187 e. The van der Waals surface area contributed by atoms with Crippen LogP contribution in [0.1, 0.15) is 11.1 Å². The van der Waals surface area contributed by atoms with Crippen LogP contribution in [-0.4, -0.2) is 4.98 Å². The molecule has 1 N–H and O–H groups in total. The maximum atomic E-state index is 4.75. The molecule has 0 bridgehead atoms. The highest BCUT2D eigenvalue weighted by molar-refractivity contribution is 7.14. The highest BCUT2D eigenvalue weighted by Crippen LogP contribution is 2.30. The zero-order valence-electron chi connectivity index (χ0n) is 13.7. The fourth-order valence-electron chi connectivity index (χ4n) is 2.88. The van der Waals surface area contributed by atoms with Crippen LogP contribution in [0, 0.1) is 13.8 Å². The minimum atomic E-state index is 0.921. The lowest BCUT2D eigenvalue weighted by molar-refractivity contribution is 1.34. The average Bonchev–Trinajstić information content (AvgIpc) is 3.06. The van der Waals surface area contributed by atoms with Gasteiger partial charge in [0.15, 0.2) is 5.13 Å². The first kappa shape index (κ1) is 14.9. The van der Waals surface area contributed by atoms with E-state index in [1.807, 2.05) is 0 Å². The maximum Gasteiger partial charge on any atom is 0.187 e. The number of nitrogens with zero attached hydrogens (tertiary/aromatic N) is 1. The summed E-state index contributed by atoms with van der Waals surface area (Å²) < 4.78 is 0. The van der Waals surface area contributed by atoms with Crippen LogP contribution >= 0.6 is 11.3 Å². The van der Waals surface area contributed by atoms with Crippen molar-refractivity contribution < 1.29 is 0 Å². The molecule has 0 aliphatic rings. The Morgan fingerprint density at radius 1 is 0.875 bits per heavy atom. The lowest BCUT2D eigenvalue weighted by Crippen LogP contribution is -1.93. The number of hydrogen-bond acceptors (Lipinski definition) is 3. The highest BCUT2D eigenvalue weighted by atomic mass is 32.1. The number of fused-ring (bicyclic) bond motifs is 1. The first-order chi connectivity index (χ1) is 11.7. The van der Waals surface area contributed by atoms with Crippen LogP contribution in [0.15, 0.2) is 66.0 Å². The minimum absolute atomic E-state index is 0.921. The van der Waals surface area contributed by atoms with Gasteiger partial charge in [-0.1, -0.05) is 54.1 Å². The van der Waals surface area contributed by atoms with E-state index in [1.165, 1.54) is 21.9 Å². The van der Waals surface area contributed by atoms with Gasteiger partial charge in [-0.05, 0) is 42.3 Å². The second kappa shape index (κ2) is 6.10. The van der Waals surface area contributed by atoms with Gasteiger partial charge >= 0.3 is 0 Å². The number of benzene rings is 3. The van der Waals surface area contributed by atoms with Gasteiger partial charge in [-0.2, -0.15) is 0 Å². The molecule has 118 valence electrons. The Morgan fingerprint density at radius 3 is 2.54 bits per heavy atom. The van der Waals surface area contributed by atoms with Crippen molar-refractivity contribution in [2.24, 2.45) is 0 Å². The van der Waals surface area contributed by atoms with Crippen LogP contribution in [0.5, 0.6) is 0 Å².